The quantitative estimate of drug-likeness (QED) is 0.505. The zero-order chi connectivity index (χ0) is 25.0. The molecule has 3 N–H and O–H groups in total. The van der Waals surface area contributed by atoms with Crippen LogP contribution >= 0.6 is 15.9 Å². The molecule has 0 aliphatic carbocycles. The van der Waals surface area contributed by atoms with Gasteiger partial charge in [-0.1, -0.05) is 22.0 Å². The van der Waals surface area contributed by atoms with E-state index in [2.05, 4.69) is 37.1 Å². The molecule has 0 bridgehead atoms. The van der Waals surface area contributed by atoms with Gasteiger partial charge in [0, 0.05) is 23.5 Å². The lowest BCUT2D eigenvalue weighted by atomic mass is 10.1. The summed E-state index contributed by atoms with van der Waals surface area (Å²) >= 11 is 3.45. The van der Waals surface area contributed by atoms with Crippen molar-refractivity contribution in [3.05, 3.63) is 34.8 Å². The summed E-state index contributed by atoms with van der Waals surface area (Å²) in [7, 11) is 1.71. The molecule has 1 aliphatic heterocycles. The molecule has 1 aliphatic rings. The van der Waals surface area contributed by atoms with Crippen molar-refractivity contribution in [2.75, 3.05) is 18.6 Å². The SMILES string of the molecule is C[C@H](NC(=O)OC(C)(C)C)C(=O)N1CCC[C@@H](C(=O)NN(C)c2ccc3ccc(Br)cc3n2)N1. The zero-order valence-electron chi connectivity index (χ0n) is 20.0. The van der Waals surface area contributed by atoms with Crippen LogP contribution in [0.2, 0.25) is 0 Å². The van der Waals surface area contributed by atoms with Crippen LogP contribution in [0.4, 0.5) is 10.6 Å². The summed E-state index contributed by atoms with van der Waals surface area (Å²) in [4.78, 5) is 42.3. The average molecular weight is 535 g/mol. The van der Waals surface area contributed by atoms with Crippen LogP contribution in [0.1, 0.15) is 40.5 Å². The molecule has 0 unspecified atom stereocenters. The molecule has 2 atom stereocenters. The van der Waals surface area contributed by atoms with Gasteiger partial charge in [0.2, 0.25) is 0 Å². The molecule has 0 spiro atoms. The standard InChI is InChI=1S/C23H31BrN6O4/c1-14(25-22(33)34-23(2,3)4)21(32)30-12-6-7-17(27-30)20(31)28-29(5)19-11-9-15-8-10-16(24)13-18(15)26-19/h8-11,13-14,17,27H,6-7,12H2,1-5H3,(H,25,33)(H,28,31)/t14-,17-/m0/s1. The lowest BCUT2D eigenvalue weighted by Crippen LogP contribution is -2.62. The largest absolute Gasteiger partial charge is 0.444 e. The van der Waals surface area contributed by atoms with E-state index in [-0.39, 0.29) is 11.8 Å². The highest BCUT2D eigenvalue weighted by Crippen LogP contribution is 2.21. The molecule has 11 heteroatoms. The van der Waals surface area contributed by atoms with Gasteiger partial charge in [-0.15, -0.1) is 0 Å². The number of anilines is 1. The number of carbonyl (C=O) groups excluding carboxylic acids is 3. The second-order valence-corrected chi connectivity index (χ2v) is 10.1. The van der Waals surface area contributed by atoms with Crippen LogP contribution in [0, 0.1) is 0 Å². The Balaban J connectivity index is 1.58. The first kappa shape index (κ1) is 25.7. The van der Waals surface area contributed by atoms with Gasteiger partial charge in [-0.2, -0.15) is 0 Å². The monoisotopic (exact) mass is 534 g/mol. The summed E-state index contributed by atoms with van der Waals surface area (Å²) in [5.74, 6) is -0.0553. The van der Waals surface area contributed by atoms with E-state index >= 15 is 0 Å². The van der Waals surface area contributed by atoms with E-state index in [1.165, 1.54) is 5.01 Å². The topological polar surface area (TPSA) is 116 Å². The van der Waals surface area contributed by atoms with Crippen LogP contribution < -0.4 is 21.2 Å². The summed E-state index contributed by atoms with van der Waals surface area (Å²) in [6.45, 7) is 7.25. The lowest BCUT2D eigenvalue weighted by molar-refractivity contribution is -0.141. The van der Waals surface area contributed by atoms with Gasteiger partial charge < -0.3 is 10.1 Å². The van der Waals surface area contributed by atoms with Gasteiger partial charge in [0.1, 0.15) is 23.5 Å². The highest BCUT2D eigenvalue weighted by Gasteiger charge is 2.31. The molecule has 3 amide bonds. The fourth-order valence-corrected chi connectivity index (χ4v) is 3.83. The van der Waals surface area contributed by atoms with Crippen molar-refractivity contribution in [2.24, 2.45) is 0 Å². The van der Waals surface area contributed by atoms with Crippen LogP contribution in [0.15, 0.2) is 34.8 Å². The van der Waals surface area contributed by atoms with Gasteiger partial charge in [0.25, 0.3) is 11.8 Å². The maximum atomic E-state index is 12.9. The van der Waals surface area contributed by atoms with Crippen LogP contribution in [0.5, 0.6) is 0 Å². The zero-order valence-corrected chi connectivity index (χ0v) is 21.6. The van der Waals surface area contributed by atoms with E-state index in [0.717, 1.165) is 15.4 Å². The molecule has 1 aromatic heterocycles. The first-order valence-electron chi connectivity index (χ1n) is 11.1. The smallest absolute Gasteiger partial charge is 0.408 e. The second-order valence-electron chi connectivity index (χ2n) is 9.22. The number of carbonyl (C=O) groups is 3. The molecule has 0 radical (unpaired) electrons. The van der Waals surface area contributed by atoms with Crippen molar-refractivity contribution in [3.63, 3.8) is 0 Å². The number of benzene rings is 1. The molecule has 1 fully saturated rings. The minimum absolute atomic E-state index is 0.288. The predicted octanol–water partition coefficient (Wildman–Crippen LogP) is 2.87. The van der Waals surface area contributed by atoms with E-state index in [1.54, 1.807) is 39.8 Å². The summed E-state index contributed by atoms with van der Waals surface area (Å²) < 4.78 is 6.12. The second kappa shape index (κ2) is 10.6. The number of halogens is 1. The molecule has 34 heavy (non-hydrogen) atoms. The lowest BCUT2D eigenvalue weighted by Gasteiger charge is -2.35. The Hall–Kier alpha value is -2.92. The number of pyridine rings is 1. The van der Waals surface area contributed by atoms with Crippen molar-refractivity contribution in [1.82, 2.24) is 26.2 Å². The third-order valence-corrected chi connectivity index (χ3v) is 5.63. The maximum Gasteiger partial charge on any atom is 0.408 e. The molecule has 3 rings (SSSR count). The molecule has 10 nitrogen and oxygen atoms in total. The van der Waals surface area contributed by atoms with E-state index in [4.69, 9.17) is 4.74 Å². The number of hydrogen-bond acceptors (Lipinski definition) is 7. The molecule has 1 aromatic carbocycles. The number of aromatic nitrogens is 1. The normalized spacial score (nSPS) is 17.1. The minimum atomic E-state index is -0.812. The molecular formula is C23H31BrN6O4. The Kier molecular flexibility index (Phi) is 7.98. The molecule has 184 valence electrons. The number of alkyl carbamates (subject to hydrolysis) is 1. The Labute approximate surface area is 207 Å². The Morgan fingerprint density at radius 1 is 1.26 bits per heavy atom. The number of nitrogens with zero attached hydrogens (tertiary/aromatic N) is 3. The maximum absolute atomic E-state index is 12.9. The van der Waals surface area contributed by atoms with Crippen LogP contribution in [0.3, 0.4) is 0 Å². The van der Waals surface area contributed by atoms with E-state index in [0.29, 0.717) is 25.2 Å². The number of hydrazine groups is 2. The van der Waals surface area contributed by atoms with Crippen molar-refractivity contribution >= 4 is 50.6 Å². The molecule has 2 heterocycles. The summed E-state index contributed by atoms with van der Waals surface area (Å²) in [6.07, 6.45) is 0.536. The minimum Gasteiger partial charge on any atom is -0.444 e. The fourth-order valence-electron chi connectivity index (χ4n) is 3.48. The molecule has 2 aromatic rings. The number of rotatable bonds is 5. The molecular weight excluding hydrogens is 504 g/mol. The number of amides is 3. The number of ether oxygens (including phenoxy) is 1. The van der Waals surface area contributed by atoms with Gasteiger partial charge in [-0.05, 0) is 64.8 Å². The first-order valence-corrected chi connectivity index (χ1v) is 11.9. The number of nitrogens with one attached hydrogen (secondary N) is 3. The Bertz CT molecular complexity index is 1070. The van der Waals surface area contributed by atoms with E-state index in [1.807, 2.05) is 30.3 Å². The molecule has 1 saturated heterocycles. The van der Waals surface area contributed by atoms with Crippen molar-refractivity contribution in [1.29, 1.82) is 0 Å². The van der Waals surface area contributed by atoms with Gasteiger partial charge >= 0.3 is 6.09 Å². The van der Waals surface area contributed by atoms with Crippen LogP contribution in [-0.2, 0) is 14.3 Å². The van der Waals surface area contributed by atoms with Crippen LogP contribution in [0.25, 0.3) is 10.9 Å². The van der Waals surface area contributed by atoms with Crippen molar-refractivity contribution in [2.45, 2.75) is 58.2 Å². The van der Waals surface area contributed by atoms with E-state index < -0.39 is 23.8 Å². The van der Waals surface area contributed by atoms with Gasteiger partial charge in [-0.3, -0.25) is 25.0 Å². The third kappa shape index (κ3) is 6.80. The van der Waals surface area contributed by atoms with Gasteiger partial charge in [0.05, 0.1) is 5.52 Å². The fraction of sp³-hybridized carbons (Fsp3) is 0.478. The average Bonchev–Trinajstić information content (AvgIpc) is 2.76. The molecule has 0 saturated carbocycles. The van der Waals surface area contributed by atoms with E-state index in [9.17, 15) is 14.4 Å². The highest BCUT2D eigenvalue weighted by atomic mass is 79.9. The van der Waals surface area contributed by atoms with Crippen molar-refractivity contribution < 1.29 is 19.1 Å². The summed E-state index contributed by atoms with van der Waals surface area (Å²) in [5, 5.41) is 6.46. The predicted molar refractivity (Wildman–Crippen MR) is 133 cm³/mol. The Morgan fingerprint density at radius 2 is 1.97 bits per heavy atom. The summed E-state index contributed by atoms with van der Waals surface area (Å²) in [5.41, 5.74) is 5.93. The Morgan fingerprint density at radius 3 is 2.68 bits per heavy atom. The third-order valence-electron chi connectivity index (χ3n) is 5.13. The van der Waals surface area contributed by atoms with Gasteiger partial charge in [-0.25, -0.2) is 15.2 Å². The summed E-state index contributed by atoms with van der Waals surface area (Å²) in [6, 6.07) is 8.16. The first-order chi connectivity index (χ1) is 15.9. The van der Waals surface area contributed by atoms with Crippen molar-refractivity contribution in [3.8, 4) is 0 Å². The number of hydrogen-bond donors (Lipinski definition) is 3. The van der Waals surface area contributed by atoms with Gasteiger partial charge in [0.15, 0.2) is 0 Å². The number of fused-ring (bicyclic) bond motifs is 1. The van der Waals surface area contributed by atoms with Crippen LogP contribution in [-0.4, -0.2) is 59.2 Å². The highest BCUT2D eigenvalue weighted by molar-refractivity contribution is 9.10.